The van der Waals surface area contributed by atoms with Gasteiger partial charge in [-0.05, 0) is 55.0 Å². The molecule has 2 atom stereocenters. The van der Waals surface area contributed by atoms with Gasteiger partial charge in [0.25, 0.3) is 0 Å². The van der Waals surface area contributed by atoms with Gasteiger partial charge < -0.3 is 5.11 Å². The lowest BCUT2D eigenvalue weighted by Gasteiger charge is -2.29. The zero-order valence-electron chi connectivity index (χ0n) is 11.5. The molecule has 0 bridgehead atoms. The largest absolute Gasteiger partial charge is 0.388 e. The normalized spacial score (nSPS) is 19.4. The lowest BCUT2D eigenvalue weighted by Crippen LogP contribution is -2.19. The Kier molecular flexibility index (Phi) is 3.90. The third-order valence-electron chi connectivity index (χ3n) is 4.09. The average Bonchev–Trinajstić information content (AvgIpc) is 2.46. The number of hydrogen-bond acceptors (Lipinski definition) is 2. The van der Waals surface area contributed by atoms with Crippen molar-refractivity contribution in [1.82, 2.24) is 4.98 Å². The molecule has 2 aromatic rings. The number of pyridine rings is 1. The summed E-state index contributed by atoms with van der Waals surface area (Å²) >= 11 is 3.57. The number of rotatable bonds is 2. The molecule has 0 fully saturated rings. The van der Waals surface area contributed by atoms with E-state index in [4.69, 9.17) is 0 Å². The minimum Gasteiger partial charge on any atom is -0.388 e. The van der Waals surface area contributed by atoms with Crippen molar-refractivity contribution in [2.45, 2.75) is 38.2 Å². The molecule has 0 saturated heterocycles. The molecule has 1 aliphatic carbocycles. The number of fused-ring (bicyclic) bond motifs is 1. The molecule has 1 aromatic heterocycles. The van der Waals surface area contributed by atoms with Crippen LogP contribution in [0.2, 0.25) is 0 Å². The van der Waals surface area contributed by atoms with Crippen molar-refractivity contribution in [2.24, 2.45) is 0 Å². The molecule has 104 valence electrons. The van der Waals surface area contributed by atoms with Gasteiger partial charge in [-0.1, -0.05) is 34.1 Å². The number of hydrogen-bond donors (Lipinski definition) is 1. The van der Waals surface area contributed by atoms with Crippen LogP contribution >= 0.6 is 15.9 Å². The smallest absolute Gasteiger partial charge is 0.0884 e. The van der Waals surface area contributed by atoms with Gasteiger partial charge in [0, 0.05) is 22.3 Å². The molecule has 0 aliphatic heterocycles. The molecule has 0 saturated carbocycles. The van der Waals surface area contributed by atoms with E-state index in [0.717, 1.165) is 35.0 Å². The highest BCUT2D eigenvalue weighted by Gasteiger charge is 2.29. The summed E-state index contributed by atoms with van der Waals surface area (Å²) in [6, 6.07) is 10.2. The maximum atomic E-state index is 10.8. The second kappa shape index (κ2) is 5.66. The fraction of sp³-hybridized carbons (Fsp3) is 0.353. The van der Waals surface area contributed by atoms with Gasteiger partial charge in [-0.15, -0.1) is 0 Å². The summed E-state index contributed by atoms with van der Waals surface area (Å²) in [4.78, 5) is 4.52. The van der Waals surface area contributed by atoms with Crippen molar-refractivity contribution in [1.29, 1.82) is 0 Å². The number of aliphatic hydroxyl groups excluding tert-OH is 1. The van der Waals surface area contributed by atoms with E-state index in [1.54, 1.807) is 0 Å². The Morgan fingerprint density at radius 2 is 2.20 bits per heavy atom. The van der Waals surface area contributed by atoms with Crippen LogP contribution in [0.4, 0.5) is 0 Å². The number of aromatic nitrogens is 1. The molecule has 1 aliphatic rings. The van der Waals surface area contributed by atoms with Gasteiger partial charge >= 0.3 is 0 Å². The summed E-state index contributed by atoms with van der Waals surface area (Å²) < 4.78 is 0.980. The molecular weight excluding hydrogens is 314 g/mol. The van der Waals surface area contributed by atoms with E-state index in [1.807, 2.05) is 24.4 Å². The highest BCUT2D eigenvalue weighted by atomic mass is 79.9. The number of aryl methyl sites for hydroxylation is 2. The summed E-state index contributed by atoms with van der Waals surface area (Å²) in [5.41, 5.74) is 4.50. The zero-order valence-corrected chi connectivity index (χ0v) is 13.1. The molecule has 0 radical (unpaired) electrons. The third kappa shape index (κ3) is 2.52. The highest BCUT2D eigenvalue weighted by molar-refractivity contribution is 9.10. The number of benzene rings is 1. The quantitative estimate of drug-likeness (QED) is 0.889. The van der Waals surface area contributed by atoms with Crippen LogP contribution < -0.4 is 0 Å². The molecule has 1 heterocycles. The van der Waals surface area contributed by atoms with E-state index in [0.29, 0.717) is 0 Å². The van der Waals surface area contributed by atoms with Crippen LogP contribution in [-0.2, 0) is 6.42 Å². The molecule has 3 heteroatoms. The van der Waals surface area contributed by atoms with Gasteiger partial charge in [-0.3, -0.25) is 4.98 Å². The fourth-order valence-corrected chi connectivity index (χ4v) is 3.77. The lowest BCUT2D eigenvalue weighted by atomic mass is 9.81. The summed E-state index contributed by atoms with van der Waals surface area (Å²) in [7, 11) is 0. The van der Waals surface area contributed by atoms with Crippen LogP contribution in [-0.4, -0.2) is 10.1 Å². The van der Waals surface area contributed by atoms with Gasteiger partial charge in [0.15, 0.2) is 0 Å². The molecule has 0 amide bonds. The Hall–Kier alpha value is -1.19. The van der Waals surface area contributed by atoms with Crippen molar-refractivity contribution < 1.29 is 5.11 Å². The first-order valence-electron chi connectivity index (χ1n) is 7.04. The van der Waals surface area contributed by atoms with E-state index in [2.05, 4.69) is 40.0 Å². The first-order valence-corrected chi connectivity index (χ1v) is 7.84. The van der Waals surface area contributed by atoms with Crippen molar-refractivity contribution >= 4 is 15.9 Å². The molecule has 2 nitrogen and oxygen atoms in total. The second-order valence-corrected chi connectivity index (χ2v) is 6.37. The zero-order chi connectivity index (χ0) is 14.1. The molecule has 2 unspecified atom stereocenters. The van der Waals surface area contributed by atoms with Crippen molar-refractivity contribution in [3.63, 3.8) is 0 Å². The SMILES string of the molecule is Cc1ccc(C(O)C2CCCc3cccnc32)c(Br)c1. The maximum absolute atomic E-state index is 10.8. The molecule has 1 aromatic carbocycles. The average molecular weight is 332 g/mol. The Balaban J connectivity index is 1.97. The maximum Gasteiger partial charge on any atom is 0.0884 e. The highest BCUT2D eigenvalue weighted by Crippen LogP contribution is 2.41. The second-order valence-electron chi connectivity index (χ2n) is 5.52. The Bertz CT molecular complexity index is 626. The standard InChI is InChI=1S/C17H18BrNO/c1-11-7-8-13(15(18)10-11)17(20)14-6-2-4-12-5-3-9-19-16(12)14/h3,5,7-10,14,17,20H,2,4,6H2,1H3. The first-order chi connectivity index (χ1) is 9.66. The Morgan fingerprint density at radius 3 is 3.00 bits per heavy atom. The molecule has 3 rings (SSSR count). The molecular formula is C17H18BrNO. The summed E-state index contributed by atoms with van der Waals surface area (Å²) in [6.07, 6.45) is 4.50. The van der Waals surface area contributed by atoms with Crippen LogP contribution in [0.3, 0.4) is 0 Å². The van der Waals surface area contributed by atoms with Crippen molar-refractivity contribution in [3.8, 4) is 0 Å². The third-order valence-corrected chi connectivity index (χ3v) is 4.78. The van der Waals surface area contributed by atoms with Crippen LogP contribution in [0.1, 0.15) is 47.2 Å². The number of nitrogens with zero attached hydrogens (tertiary/aromatic N) is 1. The van der Waals surface area contributed by atoms with Gasteiger partial charge in [-0.25, -0.2) is 0 Å². The monoisotopic (exact) mass is 331 g/mol. The lowest BCUT2D eigenvalue weighted by molar-refractivity contribution is 0.133. The van der Waals surface area contributed by atoms with Crippen LogP contribution in [0, 0.1) is 6.92 Å². The van der Waals surface area contributed by atoms with E-state index < -0.39 is 6.10 Å². The first kappa shape index (κ1) is 13.8. The van der Waals surface area contributed by atoms with Gasteiger partial charge in [0.05, 0.1) is 6.10 Å². The van der Waals surface area contributed by atoms with E-state index >= 15 is 0 Å². The summed E-state index contributed by atoms with van der Waals surface area (Å²) in [5.74, 6) is 0.0963. The minimum absolute atomic E-state index is 0.0963. The Labute approximate surface area is 128 Å². The van der Waals surface area contributed by atoms with E-state index in [-0.39, 0.29) is 5.92 Å². The van der Waals surface area contributed by atoms with Crippen molar-refractivity contribution in [2.75, 3.05) is 0 Å². The predicted octanol–water partition coefficient (Wildman–Crippen LogP) is 4.31. The Morgan fingerprint density at radius 1 is 1.35 bits per heavy atom. The number of aliphatic hydroxyl groups is 1. The number of halogens is 1. The topological polar surface area (TPSA) is 33.1 Å². The van der Waals surface area contributed by atoms with Crippen LogP contribution in [0.25, 0.3) is 0 Å². The summed E-state index contributed by atoms with van der Waals surface area (Å²) in [6.45, 7) is 2.05. The molecule has 20 heavy (non-hydrogen) atoms. The van der Waals surface area contributed by atoms with Crippen LogP contribution in [0.15, 0.2) is 41.0 Å². The predicted molar refractivity (Wildman–Crippen MR) is 83.8 cm³/mol. The summed E-state index contributed by atoms with van der Waals surface area (Å²) in [5, 5.41) is 10.8. The van der Waals surface area contributed by atoms with Gasteiger partial charge in [0.2, 0.25) is 0 Å². The van der Waals surface area contributed by atoms with Gasteiger partial charge in [0.1, 0.15) is 0 Å². The van der Waals surface area contributed by atoms with Gasteiger partial charge in [-0.2, -0.15) is 0 Å². The van der Waals surface area contributed by atoms with E-state index in [1.165, 1.54) is 11.1 Å². The van der Waals surface area contributed by atoms with E-state index in [9.17, 15) is 5.11 Å². The van der Waals surface area contributed by atoms with Crippen molar-refractivity contribution in [3.05, 3.63) is 63.4 Å². The minimum atomic E-state index is -0.501. The molecule has 0 spiro atoms. The van der Waals surface area contributed by atoms with Crippen LogP contribution in [0.5, 0.6) is 0 Å². The fourth-order valence-electron chi connectivity index (χ4n) is 3.04. The molecule has 1 N–H and O–H groups in total.